The van der Waals surface area contributed by atoms with Crippen LogP contribution in [0.2, 0.25) is 0 Å². The van der Waals surface area contributed by atoms with Crippen LogP contribution in [-0.4, -0.2) is 33.0 Å². The SMILES string of the molecule is CC1(C)CC(=O)c2c([C@@H]3CCCN3C(=O)NCc3ccccc3)nn(-c3ccccc3)c2C1. The highest BCUT2D eigenvalue weighted by molar-refractivity contribution is 6.00. The van der Waals surface area contributed by atoms with Gasteiger partial charge in [0.1, 0.15) is 0 Å². The summed E-state index contributed by atoms with van der Waals surface area (Å²) < 4.78 is 1.93. The van der Waals surface area contributed by atoms with E-state index in [1.165, 1.54) is 0 Å². The summed E-state index contributed by atoms with van der Waals surface area (Å²) >= 11 is 0. The fraction of sp³-hybridized carbons (Fsp3) is 0.370. The van der Waals surface area contributed by atoms with Crippen LogP contribution in [0, 0.1) is 5.41 Å². The number of nitrogens with zero attached hydrogens (tertiary/aromatic N) is 3. The van der Waals surface area contributed by atoms with Gasteiger partial charge < -0.3 is 10.2 Å². The number of carbonyl (C=O) groups is 2. The lowest BCUT2D eigenvalue weighted by atomic mass is 9.75. The van der Waals surface area contributed by atoms with Gasteiger partial charge in [-0.05, 0) is 42.4 Å². The molecule has 1 aliphatic carbocycles. The van der Waals surface area contributed by atoms with Crippen molar-refractivity contribution >= 4 is 11.8 Å². The number of rotatable bonds is 4. The maximum atomic E-state index is 13.3. The van der Waals surface area contributed by atoms with Crippen molar-refractivity contribution in [2.24, 2.45) is 5.41 Å². The average Bonchev–Trinajstić information content (AvgIpc) is 3.43. The Balaban J connectivity index is 1.49. The molecule has 0 bridgehead atoms. The summed E-state index contributed by atoms with van der Waals surface area (Å²) in [7, 11) is 0. The molecule has 0 spiro atoms. The van der Waals surface area contributed by atoms with Gasteiger partial charge in [-0.2, -0.15) is 5.10 Å². The summed E-state index contributed by atoms with van der Waals surface area (Å²) in [5.74, 6) is 0.134. The van der Waals surface area contributed by atoms with E-state index in [1.807, 2.05) is 70.2 Å². The van der Waals surface area contributed by atoms with Gasteiger partial charge in [-0.1, -0.05) is 62.4 Å². The molecule has 1 aliphatic heterocycles. The number of urea groups is 1. The van der Waals surface area contributed by atoms with E-state index in [4.69, 9.17) is 5.10 Å². The molecular weight excluding hydrogens is 412 g/mol. The topological polar surface area (TPSA) is 67.2 Å². The van der Waals surface area contributed by atoms with Crippen LogP contribution in [0.1, 0.15) is 66.5 Å². The number of aromatic nitrogens is 2. The Morgan fingerprint density at radius 1 is 1.06 bits per heavy atom. The molecule has 3 aromatic rings. The van der Waals surface area contributed by atoms with Crippen molar-refractivity contribution in [3.63, 3.8) is 0 Å². The molecule has 1 N–H and O–H groups in total. The number of para-hydroxylation sites is 1. The molecule has 0 radical (unpaired) electrons. The summed E-state index contributed by atoms with van der Waals surface area (Å²) in [6.07, 6.45) is 2.99. The fourth-order valence-electron chi connectivity index (χ4n) is 5.16. The van der Waals surface area contributed by atoms with Crippen LogP contribution < -0.4 is 5.32 Å². The van der Waals surface area contributed by atoms with Crippen molar-refractivity contribution in [3.8, 4) is 5.69 Å². The normalized spacial score (nSPS) is 19.4. The molecule has 1 aromatic heterocycles. The van der Waals surface area contributed by atoms with E-state index in [-0.39, 0.29) is 23.3 Å². The maximum absolute atomic E-state index is 13.3. The van der Waals surface area contributed by atoms with Crippen LogP contribution in [0.15, 0.2) is 60.7 Å². The lowest BCUT2D eigenvalue weighted by Crippen LogP contribution is -2.39. The third kappa shape index (κ3) is 4.17. The molecule has 170 valence electrons. The van der Waals surface area contributed by atoms with Crippen LogP contribution in [0.4, 0.5) is 4.79 Å². The molecule has 2 aliphatic rings. The van der Waals surface area contributed by atoms with Gasteiger partial charge in [-0.15, -0.1) is 0 Å². The summed E-state index contributed by atoms with van der Waals surface area (Å²) in [5, 5.41) is 8.04. The molecule has 2 heterocycles. The lowest BCUT2D eigenvalue weighted by molar-refractivity contribution is 0.0907. The van der Waals surface area contributed by atoms with Crippen molar-refractivity contribution in [1.82, 2.24) is 20.0 Å². The van der Waals surface area contributed by atoms with Gasteiger partial charge in [0.15, 0.2) is 5.78 Å². The first-order valence-corrected chi connectivity index (χ1v) is 11.7. The van der Waals surface area contributed by atoms with E-state index in [9.17, 15) is 9.59 Å². The largest absolute Gasteiger partial charge is 0.334 e. The molecule has 1 fully saturated rings. The minimum absolute atomic E-state index is 0.104. The van der Waals surface area contributed by atoms with Gasteiger partial charge in [-0.25, -0.2) is 9.48 Å². The average molecular weight is 443 g/mol. The van der Waals surface area contributed by atoms with Crippen LogP contribution in [-0.2, 0) is 13.0 Å². The molecule has 0 unspecified atom stereocenters. The standard InChI is InChI=1S/C27H30N4O2/c1-27(2)16-22-24(23(32)17-27)25(29-31(22)20-12-7-4-8-13-20)21-14-9-15-30(21)26(33)28-18-19-10-5-3-6-11-19/h3-8,10-13,21H,9,14-18H2,1-2H3,(H,28,33)/t21-/m0/s1. The Labute approximate surface area is 194 Å². The zero-order valence-corrected chi connectivity index (χ0v) is 19.3. The highest BCUT2D eigenvalue weighted by Crippen LogP contribution is 2.41. The van der Waals surface area contributed by atoms with Gasteiger partial charge in [0.25, 0.3) is 0 Å². The highest BCUT2D eigenvalue weighted by atomic mass is 16.2. The molecule has 33 heavy (non-hydrogen) atoms. The summed E-state index contributed by atoms with van der Waals surface area (Å²) in [6.45, 7) is 5.41. The number of Topliss-reactive ketones (excluding diaryl/α,β-unsaturated/α-hetero) is 1. The van der Waals surface area contributed by atoms with Crippen LogP contribution in [0.3, 0.4) is 0 Å². The Kier molecular flexibility index (Phi) is 5.52. The second-order valence-electron chi connectivity index (χ2n) is 9.89. The van der Waals surface area contributed by atoms with Crippen molar-refractivity contribution < 1.29 is 9.59 Å². The van der Waals surface area contributed by atoms with E-state index >= 15 is 0 Å². The molecule has 0 saturated carbocycles. The predicted octanol–water partition coefficient (Wildman–Crippen LogP) is 5.07. The number of hydrogen-bond donors (Lipinski definition) is 1. The molecular formula is C27H30N4O2. The zero-order chi connectivity index (χ0) is 23.0. The van der Waals surface area contributed by atoms with Crippen LogP contribution in [0.5, 0.6) is 0 Å². The molecule has 2 aromatic carbocycles. The molecule has 1 atom stereocenters. The van der Waals surface area contributed by atoms with Crippen LogP contribution >= 0.6 is 0 Å². The van der Waals surface area contributed by atoms with E-state index in [2.05, 4.69) is 19.2 Å². The highest BCUT2D eigenvalue weighted by Gasteiger charge is 2.41. The number of likely N-dealkylation sites (tertiary alicyclic amines) is 1. The van der Waals surface area contributed by atoms with E-state index in [0.29, 0.717) is 19.5 Å². The fourth-order valence-corrected chi connectivity index (χ4v) is 5.16. The minimum atomic E-state index is -0.190. The van der Waals surface area contributed by atoms with Crippen LogP contribution in [0.25, 0.3) is 5.69 Å². The molecule has 5 rings (SSSR count). The number of benzene rings is 2. The smallest absolute Gasteiger partial charge is 0.318 e. The third-order valence-electron chi connectivity index (χ3n) is 6.69. The number of nitrogens with one attached hydrogen (secondary N) is 1. The van der Waals surface area contributed by atoms with Gasteiger partial charge in [0, 0.05) is 19.5 Å². The number of amides is 2. The van der Waals surface area contributed by atoms with Gasteiger partial charge in [-0.3, -0.25) is 4.79 Å². The van der Waals surface area contributed by atoms with Gasteiger partial charge in [0.2, 0.25) is 0 Å². The number of fused-ring (bicyclic) bond motifs is 1. The monoisotopic (exact) mass is 442 g/mol. The zero-order valence-electron chi connectivity index (χ0n) is 19.3. The van der Waals surface area contributed by atoms with Gasteiger partial charge >= 0.3 is 6.03 Å². The quantitative estimate of drug-likeness (QED) is 0.613. The molecule has 1 saturated heterocycles. The Morgan fingerprint density at radius 2 is 1.76 bits per heavy atom. The molecule has 2 amide bonds. The van der Waals surface area contributed by atoms with Crippen molar-refractivity contribution in [2.45, 2.75) is 52.1 Å². The first kappa shape index (κ1) is 21.4. The number of ketones is 1. The predicted molar refractivity (Wildman–Crippen MR) is 127 cm³/mol. The van der Waals surface area contributed by atoms with Crippen molar-refractivity contribution in [3.05, 3.63) is 83.2 Å². The molecule has 6 nitrogen and oxygen atoms in total. The maximum Gasteiger partial charge on any atom is 0.318 e. The van der Waals surface area contributed by atoms with E-state index in [0.717, 1.165) is 47.5 Å². The first-order chi connectivity index (χ1) is 15.9. The van der Waals surface area contributed by atoms with E-state index in [1.54, 1.807) is 0 Å². The third-order valence-corrected chi connectivity index (χ3v) is 6.69. The Morgan fingerprint density at radius 3 is 2.48 bits per heavy atom. The lowest BCUT2D eigenvalue weighted by Gasteiger charge is -2.30. The Bertz CT molecular complexity index is 1170. The number of carbonyl (C=O) groups excluding carboxylic acids is 2. The van der Waals surface area contributed by atoms with Gasteiger partial charge in [0.05, 0.1) is 28.7 Å². The Hall–Kier alpha value is -3.41. The molecule has 6 heteroatoms. The van der Waals surface area contributed by atoms with Crippen molar-refractivity contribution in [1.29, 1.82) is 0 Å². The summed E-state index contributed by atoms with van der Waals surface area (Å²) in [4.78, 5) is 28.3. The minimum Gasteiger partial charge on any atom is -0.334 e. The second kappa shape index (κ2) is 8.50. The summed E-state index contributed by atoms with van der Waals surface area (Å²) in [5.41, 5.74) is 4.34. The summed E-state index contributed by atoms with van der Waals surface area (Å²) in [6, 6.07) is 19.6. The second-order valence-corrected chi connectivity index (χ2v) is 9.89. The first-order valence-electron chi connectivity index (χ1n) is 11.7. The number of hydrogen-bond acceptors (Lipinski definition) is 3. The van der Waals surface area contributed by atoms with Crippen molar-refractivity contribution in [2.75, 3.05) is 6.54 Å². The van der Waals surface area contributed by atoms with E-state index < -0.39 is 0 Å².